The Morgan fingerprint density at radius 2 is 2.06 bits per heavy atom. The van der Waals surface area contributed by atoms with Gasteiger partial charge in [-0.05, 0) is 46.7 Å². The van der Waals surface area contributed by atoms with Gasteiger partial charge in [0.2, 0.25) is 0 Å². The molecule has 94 valence electrons. The molecule has 1 saturated heterocycles. The minimum absolute atomic E-state index is 0.417. The van der Waals surface area contributed by atoms with Gasteiger partial charge in [-0.2, -0.15) is 0 Å². The fourth-order valence-corrected chi connectivity index (χ4v) is 3.32. The molecule has 3 nitrogen and oxygen atoms in total. The van der Waals surface area contributed by atoms with Crippen molar-refractivity contribution in [3.05, 3.63) is 0 Å². The summed E-state index contributed by atoms with van der Waals surface area (Å²) in [5, 5.41) is 3.43. The lowest BCUT2D eigenvalue weighted by molar-refractivity contribution is 0.0549. The fraction of sp³-hybridized carbons (Fsp3) is 1.00. The number of hydrogen-bond acceptors (Lipinski definition) is 3. The Bertz CT molecular complexity index is 222. The van der Waals surface area contributed by atoms with E-state index in [1.54, 1.807) is 0 Å². The Kier molecular flexibility index (Phi) is 4.22. The first-order valence-electron chi connectivity index (χ1n) is 6.73. The molecule has 0 radical (unpaired) electrons. The largest absolute Gasteiger partial charge is 0.377 e. The maximum Gasteiger partial charge on any atom is 0.0703 e. The zero-order valence-electron chi connectivity index (χ0n) is 10.9. The van der Waals surface area contributed by atoms with E-state index in [-0.39, 0.29) is 0 Å². The smallest absolute Gasteiger partial charge is 0.0703 e. The van der Waals surface area contributed by atoms with E-state index in [1.807, 2.05) is 0 Å². The van der Waals surface area contributed by atoms with Crippen LogP contribution in [-0.2, 0) is 4.74 Å². The molecule has 4 atom stereocenters. The summed E-state index contributed by atoms with van der Waals surface area (Å²) in [7, 11) is 4.38. The average Bonchev–Trinajstić information content (AvgIpc) is 2.74. The van der Waals surface area contributed by atoms with Gasteiger partial charge in [0.25, 0.3) is 0 Å². The van der Waals surface area contributed by atoms with E-state index in [2.05, 4.69) is 31.2 Å². The molecule has 1 saturated carbocycles. The van der Waals surface area contributed by atoms with Crippen LogP contribution in [0, 0.1) is 0 Å². The van der Waals surface area contributed by atoms with Crippen LogP contribution in [0.2, 0.25) is 0 Å². The van der Waals surface area contributed by atoms with Crippen LogP contribution in [0.5, 0.6) is 0 Å². The molecule has 2 aliphatic rings. The van der Waals surface area contributed by atoms with Gasteiger partial charge in [-0.25, -0.2) is 0 Å². The van der Waals surface area contributed by atoms with Crippen molar-refractivity contribution >= 4 is 0 Å². The molecule has 3 heteroatoms. The van der Waals surface area contributed by atoms with Crippen LogP contribution in [0.25, 0.3) is 0 Å². The van der Waals surface area contributed by atoms with E-state index in [0.717, 1.165) is 18.7 Å². The molecule has 2 fully saturated rings. The molecule has 2 rings (SSSR count). The van der Waals surface area contributed by atoms with Crippen molar-refractivity contribution < 1.29 is 4.74 Å². The van der Waals surface area contributed by atoms with Crippen molar-refractivity contribution in [1.29, 1.82) is 0 Å². The lowest BCUT2D eigenvalue weighted by Gasteiger charge is -2.39. The maximum atomic E-state index is 5.67. The van der Waals surface area contributed by atoms with Crippen LogP contribution in [0.3, 0.4) is 0 Å². The summed E-state index contributed by atoms with van der Waals surface area (Å²) in [6.07, 6.45) is 6.99. The molecule has 0 amide bonds. The lowest BCUT2D eigenvalue weighted by Crippen LogP contribution is -2.48. The summed E-state index contributed by atoms with van der Waals surface area (Å²) in [6, 6.07) is 2.11. The van der Waals surface area contributed by atoms with Gasteiger partial charge in [0, 0.05) is 24.7 Å². The van der Waals surface area contributed by atoms with E-state index >= 15 is 0 Å². The van der Waals surface area contributed by atoms with Crippen LogP contribution in [0.4, 0.5) is 0 Å². The van der Waals surface area contributed by atoms with Gasteiger partial charge in [0.15, 0.2) is 0 Å². The molecular formula is C13H26N2O. The fourth-order valence-electron chi connectivity index (χ4n) is 3.32. The first-order chi connectivity index (χ1) is 7.72. The second-order valence-corrected chi connectivity index (χ2v) is 5.40. The molecule has 0 aromatic rings. The van der Waals surface area contributed by atoms with E-state index in [1.165, 1.54) is 32.1 Å². The average molecular weight is 226 g/mol. The third-order valence-corrected chi connectivity index (χ3v) is 4.49. The van der Waals surface area contributed by atoms with Gasteiger partial charge in [-0.3, -0.25) is 4.90 Å². The Labute approximate surface area is 99.5 Å². The number of nitrogens with one attached hydrogen (secondary N) is 1. The minimum Gasteiger partial charge on any atom is -0.377 e. The van der Waals surface area contributed by atoms with Crippen LogP contribution in [-0.4, -0.2) is 49.8 Å². The van der Waals surface area contributed by atoms with E-state index < -0.39 is 0 Å². The van der Waals surface area contributed by atoms with Gasteiger partial charge in [-0.15, -0.1) is 0 Å². The third-order valence-electron chi connectivity index (χ3n) is 4.49. The molecule has 4 unspecified atom stereocenters. The molecular weight excluding hydrogens is 200 g/mol. The Hall–Kier alpha value is -0.120. The van der Waals surface area contributed by atoms with Gasteiger partial charge < -0.3 is 10.1 Å². The zero-order valence-corrected chi connectivity index (χ0v) is 10.9. The van der Waals surface area contributed by atoms with Crippen LogP contribution in [0.1, 0.15) is 39.0 Å². The van der Waals surface area contributed by atoms with E-state index in [4.69, 9.17) is 4.74 Å². The number of likely N-dealkylation sites (N-methyl/N-ethyl adjacent to an activating group) is 1. The first-order valence-corrected chi connectivity index (χ1v) is 6.73. The van der Waals surface area contributed by atoms with Crippen molar-refractivity contribution in [3.63, 3.8) is 0 Å². The molecule has 1 aliphatic carbocycles. The highest BCUT2D eigenvalue weighted by Crippen LogP contribution is 2.27. The summed E-state index contributed by atoms with van der Waals surface area (Å²) >= 11 is 0. The van der Waals surface area contributed by atoms with Gasteiger partial charge in [0.1, 0.15) is 0 Å². The third kappa shape index (κ3) is 2.58. The molecule has 0 aromatic heterocycles. The SMILES string of the molecule is CNC1CCCC(N(C)C2CCOC2C)C1. The van der Waals surface area contributed by atoms with E-state index in [9.17, 15) is 0 Å². The lowest BCUT2D eigenvalue weighted by atomic mass is 9.89. The quantitative estimate of drug-likeness (QED) is 0.791. The molecule has 0 bridgehead atoms. The number of hydrogen-bond donors (Lipinski definition) is 1. The molecule has 0 spiro atoms. The number of nitrogens with zero attached hydrogens (tertiary/aromatic N) is 1. The van der Waals surface area contributed by atoms with E-state index in [0.29, 0.717) is 12.1 Å². The molecule has 1 N–H and O–H groups in total. The zero-order chi connectivity index (χ0) is 11.5. The second kappa shape index (κ2) is 5.48. The summed E-state index contributed by atoms with van der Waals surface area (Å²) in [5.41, 5.74) is 0. The van der Waals surface area contributed by atoms with Gasteiger partial charge >= 0.3 is 0 Å². The summed E-state index contributed by atoms with van der Waals surface area (Å²) in [4.78, 5) is 2.58. The second-order valence-electron chi connectivity index (χ2n) is 5.40. The van der Waals surface area contributed by atoms with Crippen molar-refractivity contribution in [3.8, 4) is 0 Å². The summed E-state index contributed by atoms with van der Waals surface area (Å²) < 4.78 is 5.67. The van der Waals surface area contributed by atoms with Gasteiger partial charge in [0.05, 0.1) is 6.10 Å². The molecule has 0 aromatic carbocycles. The van der Waals surface area contributed by atoms with Crippen molar-refractivity contribution in [2.45, 2.75) is 63.3 Å². The Morgan fingerprint density at radius 3 is 2.69 bits per heavy atom. The van der Waals surface area contributed by atoms with Crippen molar-refractivity contribution in [2.24, 2.45) is 0 Å². The van der Waals surface area contributed by atoms with Crippen LogP contribution < -0.4 is 5.32 Å². The predicted molar refractivity (Wildman–Crippen MR) is 66.7 cm³/mol. The highest BCUT2D eigenvalue weighted by Gasteiger charge is 2.33. The van der Waals surface area contributed by atoms with Crippen LogP contribution in [0.15, 0.2) is 0 Å². The first kappa shape index (κ1) is 12.3. The summed E-state index contributed by atoms with van der Waals surface area (Å²) in [6.45, 7) is 3.16. The van der Waals surface area contributed by atoms with Crippen molar-refractivity contribution in [1.82, 2.24) is 10.2 Å². The highest BCUT2D eigenvalue weighted by atomic mass is 16.5. The number of rotatable bonds is 3. The number of ether oxygens (including phenoxy) is 1. The summed E-state index contributed by atoms with van der Waals surface area (Å²) in [5.74, 6) is 0. The predicted octanol–water partition coefficient (Wildman–Crippen LogP) is 1.63. The Morgan fingerprint density at radius 1 is 1.25 bits per heavy atom. The van der Waals surface area contributed by atoms with Gasteiger partial charge in [-0.1, -0.05) is 6.42 Å². The standard InChI is InChI=1S/C13H26N2O/c1-10-13(7-8-16-10)15(3)12-6-4-5-11(9-12)14-2/h10-14H,4-9H2,1-3H3. The maximum absolute atomic E-state index is 5.67. The molecule has 1 aliphatic heterocycles. The minimum atomic E-state index is 0.417. The normalized spacial score (nSPS) is 40.5. The van der Waals surface area contributed by atoms with Crippen molar-refractivity contribution in [2.75, 3.05) is 20.7 Å². The van der Waals surface area contributed by atoms with Crippen LogP contribution >= 0.6 is 0 Å². The highest BCUT2D eigenvalue weighted by molar-refractivity contribution is 4.88. The topological polar surface area (TPSA) is 24.5 Å². The molecule has 16 heavy (non-hydrogen) atoms. The molecule has 1 heterocycles. The Balaban J connectivity index is 1.90. The monoisotopic (exact) mass is 226 g/mol.